The van der Waals surface area contributed by atoms with Crippen molar-refractivity contribution >= 4 is 39.9 Å². The highest BCUT2D eigenvalue weighted by molar-refractivity contribution is 7.09. The molecule has 0 saturated carbocycles. The summed E-state index contributed by atoms with van der Waals surface area (Å²) in [6.45, 7) is 1.99. The molecule has 0 radical (unpaired) electrons. The summed E-state index contributed by atoms with van der Waals surface area (Å²) in [4.78, 5) is 29.0. The monoisotopic (exact) mass is 450 g/mol. The standard InChI is InChI=1S/C24H22N2O5S/c1-15-5-3-4-6-20(15)26-22(27)11-23-25-17(14-32-23)13-31-24(28)9-16-12-30-21-10-18(29-2)7-8-19(16)21/h3-8,10,12,14H,9,11,13H2,1-2H3,(H,26,27). The fraction of sp³-hybridized carbons (Fsp3) is 0.208. The van der Waals surface area contributed by atoms with Crippen LogP contribution >= 0.6 is 11.3 Å². The summed E-state index contributed by atoms with van der Waals surface area (Å²) in [5.74, 6) is 0.170. The molecule has 0 atom stereocenters. The van der Waals surface area contributed by atoms with E-state index in [1.165, 1.54) is 11.3 Å². The van der Waals surface area contributed by atoms with E-state index < -0.39 is 0 Å². The van der Waals surface area contributed by atoms with Crippen molar-refractivity contribution in [3.8, 4) is 5.75 Å². The number of hydrogen-bond acceptors (Lipinski definition) is 7. The summed E-state index contributed by atoms with van der Waals surface area (Å²) >= 11 is 1.36. The Morgan fingerprint density at radius 3 is 2.81 bits per heavy atom. The van der Waals surface area contributed by atoms with Gasteiger partial charge in [-0.3, -0.25) is 9.59 Å². The third-order valence-corrected chi connectivity index (χ3v) is 5.81. The second kappa shape index (κ2) is 9.65. The van der Waals surface area contributed by atoms with Gasteiger partial charge in [-0.1, -0.05) is 18.2 Å². The van der Waals surface area contributed by atoms with Crippen LogP contribution < -0.4 is 10.1 Å². The van der Waals surface area contributed by atoms with E-state index in [-0.39, 0.29) is 31.3 Å². The van der Waals surface area contributed by atoms with Crippen LogP contribution in [0.1, 0.15) is 21.8 Å². The molecule has 32 heavy (non-hydrogen) atoms. The van der Waals surface area contributed by atoms with Crippen molar-refractivity contribution in [3.63, 3.8) is 0 Å². The van der Waals surface area contributed by atoms with Gasteiger partial charge < -0.3 is 19.2 Å². The van der Waals surface area contributed by atoms with Crippen LogP contribution in [0.15, 0.2) is 58.5 Å². The molecule has 4 rings (SSSR count). The third kappa shape index (κ3) is 5.15. The number of nitrogens with one attached hydrogen (secondary N) is 1. The molecule has 2 aromatic heterocycles. The van der Waals surface area contributed by atoms with E-state index in [9.17, 15) is 9.59 Å². The number of esters is 1. The number of ether oxygens (including phenoxy) is 2. The number of aryl methyl sites for hydroxylation is 1. The molecule has 1 amide bonds. The highest BCUT2D eigenvalue weighted by Gasteiger charge is 2.14. The topological polar surface area (TPSA) is 90.7 Å². The van der Waals surface area contributed by atoms with Crippen LogP contribution in [0.25, 0.3) is 11.0 Å². The lowest BCUT2D eigenvalue weighted by Crippen LogP contribution is -2.15. The van der Waals surface area contributed by atoms with E-state index in [1.807, 2.05) is 43.3 Å². The maximum absolute atomic E-state index is 12.3. The first-order valence-electron chi connectivity index (χ1n) is 10.0. The summed E-state index contributed by atoms with van der Waals surface area (Å²) in [5, 5.41) is 6.19. The van der Waals surface area contributed by atoms with Gasteiger partial charge in [-0.15, -0.1) is 11.3 Å². The maximum Gasteiger partial charge on any atom is 0.310 e. The molecule has 8 heteroatoms. The quantitative estimate of drug-likeness (QED) is 0.392. The van der Waals surface area contributed by atoms with Gasteiger partial charge in [-0.25, -0.2) is 4.98 Å². The van der Waals surface area contributed by atoms with Crippen molar-refractivity contribution in [2.75, 3.05) is 12.4 Å². The highest BCUT2D eigenvalue weighted by Crippen LogP contribution is 2.26. The Morgan fingerprint density at radius 1 is 1.16 bits per heavy atom. The average Bonchev–Trinajstić information content (AvgIpc) is 3.40. The molecule has 0 saturated heterocycles. The normalized spacial score (nSPS) is 10.8. The minimum absolute atomic E-state index is 0.0539. The Bertz CT molecular complexity index is 1260. The van der Waals surface area contributed by atoms with Gasteiger partial charge in [0.25, 0.3) is 0 Å². The lowest BCUT2D eigenvalue weighted by Gasteiger charge is -2.06. The highest BCUT2D eigenvalue weighted by atomic mass is 32.1. The summed E-state index contributed by atoms with van der Waals surface area (Å²) in [6.07, 6.45) is 1.81. The Hall–Kier alpha value is -3.65. The molecule has 1 N–H and O–H groups in total. The van der Waals surface area contributed by atoms with Gasteiger partial charge >= 0.3 is 5.97 Å². The fourth-order valence-corrected chi connectivity index (χ4v) is 4.01. The van der Waals surface area contributed by atoms with Crippen LogP contribution in [0.4, 0.5) is 5.69 Å². The first-order valence-corrected chi connectivity index (χ1v) is 10.9. The van der Waals surface area contributed by atoms with Crippen molar-refractivity contribution < 1.29 is 23.5 Å². The van der Waals surface area contributed by atoms with E-state index in [2.05, 4.69) is 10.3 Å². The molecule has 0 aliphatic carbocycles. The number of fused-ring (bicyclic) bond motifs is 1. The average molecular weight is 451 g/mol. The number of carbonyl (C=O) groups excluding carboxylic acids is 2. The first-order chi connectivity index (χ1) is 15.5. The molecule has 0 fully saturated rings. The van der Waals surface area contributed by atoms with Crippen molar-refractivity contribution in [1.82, 2.24) is 4.98 Å². The second-order valence-corrected chi connectivity index (χ2v) is 8.18. The molecular weight excluding hydrogens is 428 g/mol. The predicted octanol–water partition coefficient (Wildman–Crippen LogP) is 4.67. The lowest BCUT2D eigenvalue weighted by atomic mass is 10.1. The molecule has 7 nitrogen and oxygen atoms in total. The Balaban J connectivity index is 1.29. The minimum atomic E-state index is -0.379. The van der Waals surface area contributed by atoms with Crippen LogP contribution in [-0.2, 0) is 33.8 Å². The second-order valence-electron chi connectivity index (χ2n) is 7.23. The number of carbonyl (C=O) groups is 2. The van der Waals surface area contributed by atoms with E-state index >= 15 is 0 Å². The maximum atomic E-state index is 12.3. The Kier molecular flexibility index (Phi) is 6.51. The summed E-state index contributed by atoms with van der Waals surface area (Å²) < 4.78 is 16.1. The van der Waals surface area contributed by atoms with Crippen molar-refractivity contribution in [3.05, 3.63) is 75.9 Å². The van der Waals surface area contributed by atoms with Crippen LogP contribution in [-0.4, -0.2) is 24.0 Å². The Labute approximate surface area is 189 Å². The van der Waals surface area contributed by atoms with Gasteiger partial charge in [0, 0.05) is 28.1 Å². The number of thiazole rings is 1. The molecule has 0 aliphatic heterocycles. The molecule has 2 heterocycles. The predicted molar refractivity (Wildman–Crippen MR) is 122 cm³/mol. The zero-order valence-corrected chi connectivity index (χ0v) is 18.5. The molecule has 0 spiro atoms. The summed E-state index contributed by atoms with van der Waals surface area (Å²) in [5.41, 5.74) is 3.80. The number of benzene rings is 2. The molecule has 4 aromatic rings. The SMILES string of the molecule is COc1ccc2c(CC(=O)OCc3csc(CC(=O)Nc4ccccc4C)n3)coc2c1. The molecular formula is C24H22N2O5S. The molecule has 0 unspecified atom stereocenters. The van der Waals surface area contributed by atoms with Crippen LogP contribution in [0, 0.1) is 6.92 Å². The van der Waals surface area contributed by atoms with E-state index in [1.54, 1.807) is 24.8 Å². The van der Waals surface area contributed by atoms with Crippen molar-refractivity contribution in [1.29, 1.82) is 0 Å². The number of nitrogens with zero attached hydrogens (tertiary/aromatic N) is 1. The van der Waals surface area contributed by atoms with Gasteiger partial charge in [-0.2, -0.15) is 0 Å². The van der Waals surface area contributed by atoms with Gasteiger partial charge in [0.2, 0.25) is 5.91 Å². The lowest BCUT2D eigenvalue weighted by molar-refractivity contribution is -0.144. The molecule has 2 aromatic carbocycles. The summed E-state index contributed by atoms with van der Waals surface area (Å²) in [6, 6.07) is 13.0. The van der Waals surface area contributed by atoms with E-state index in [4.69, 9.17) is 13.9 Å². The van der Waals surface area contributed by atoms with Crippen molar-refractivity contribution in [2.45, 2.75) is 26.4 Å². The summed E-state index contributed by atoms with van der Waals surface area (Å²) in [7, 11) is 1.59. The number of anilines is 1. The smallest absolute Gasteiger partial charge is 0.310 e. The van der Waals surface area contributed by atoms with Gasteiger partial charge in [-0.05, 0) is 30.7 Å². The first kappa shape index (κ1) is 21.6. The number of para-hydroxylation sites is 1. The van der Waals surface area contributed by atoms with Gasteiger partial charge in [0.1, 0.15) is 22.9 Å². The van der Waals surface area contributed by atoms with Gasteiger partial charge in [0.05, 0.1) is 31.9 Å². The van der Waals surface area contributed by atoms with E-state index in [0.29, 0.717) is 22.0 Å². The zero-order chi connectivity index (χ0) is 22.5. The van der Waals surface area contributed by atoms with Crippen LogP contribution in [0.5, 0.6) is 5.75 Å². The fourth-order valence-electron chi connectivity index (χ4n) is 3.23. The zero-order valence-electron chi connectivity index (χ0n) is 17.7. The number of furan rings is 1. The number of aromatic nitrogens is 1. The van der Waals surface area contributed by atoms with Crippen molar-refractivity contribution in [2.24, 2.45) is 0 Å². The number of rotatable bonds is 8. The van der Waals surface area contributed by atoms with E-state index in [0.717, 1.165) is 22.2 Å². The van der Waals surface area contributed by atoms with Gasteiger partial charge in [0.15, 0.2) is 0 Å². The minimum Gasteiger partial charge on any atom is -0.497 e. The molecule has 0 bridgehead atoms. The molecule has 164 valence electrons. The number of hydrogen-bond donors (Lipinski definition) is 1. The number of amides is 1. The largest absolute Gasteiger partial charge is 0.497 e. The molecule has 0 aliphatic rings. The third-order valence-electron chi connectivity index (χ3n) is 4.91. The van der Waals surface area contributed by atoms with Crippen LogP contribution in [0.2, 0.25) is 0 Å². The number of methoxy groups -OCH3 is 1. The van der Waals surface area contributed by atoms with Crippen LogP contribution in [0.3, 0.4) is 0 Å². The Morgan fingerprint density at radius 2 is 2.00 bits per heavy atom.